The zero-order chi connectivity index (χ0) is 12.3. The molecule has 0 bridgehead atoms. The van der Waals surface area contributed by atoms with E-state index in [0.717, 1.165) is 24.5 Å². The molecule has 0 spiro atoms. The molecule has 1 N–H and O–H groups in total. The Morgan fingerprint density at radius 2 is 2.41 bits per heavy atom. The molecule has 2 rings (SSSR count). The number of aromatic nitrogens is 2. The predicted molar refractivity (Wildman–Crippen MR) is 67.1 cm³/mol. The molecule has 0 aliphatic heterocycles. The zero-order valence-electron chi connectivity index (χ0n) is 9.98. The van der Waals surface area contributed by atoms with Crippen LogP contribution in [0.1, 0.15) is 24.4 Å². The van der Waals surface area contributed by atoms with E-state index in [1.165, 1.54) is 0 Å². The van der Waals surface area contributed by atoms with E-state index in [4.69, 9.17) is 16.0 Å². The van der Waals surface area contributed by atoms with E-state index in [2.05, 4.69) is 17.3 Å². The quantitative estimate of drug-likeness (QED) is 0.891. The summed E-state index contributed by atoms with van der Waals surface area (Å²) in [6, 6.07) is 4.06. The fourth-order valence-corrected chi connectivity index (χ4v) is 1.82. The zero-order valence-corrected chi connectivity index (χ0v) is 10.7. The average molecular weight is 254 g/mol. The highest BCUT2D eigenvalue weighted by molar-refractivity contribution is 6.31. The summed E-state index contributed by atoms with van der Waals surface area (Å²) in [7, 11) is 0. The number of nitrogens with zero attached hydrogens (tertiary/aromatic N) is 2. The first kappa shape index (κ1) is 12.2. The summed E-state index contributed by atoms with van der Waals surface area (Å²) in [5.74, 6) is 0.945. The molecule has 5 heteroatoms. The summed E-state index contributed by atoms with van der Waals surface area (Å²) >= 11 is 5.93. The van der Waals surface area contributed by atoms with Crippen LogP contribution in [0, 0.1) is 6.92 Å². The number of halogens is 1. The van der Waals surface area contributed by atoms with Crippen molar-refractivity contribution in [3.8, 4) is 0 Å². The van der Waals surface area contributed by atoms with Gasteiger partial charge in [0.2, 0.25) is 0 Å². The SMILES string of the molecule is Cc1c(Cl)cnn1CCNC(C)c1ccco1. The van der Waals surface area contributed by atoms with Crippen LogP contribution in [0.2, 0.25) is 5.02 Å². The fourth-order valence-electron chi connectivity index (χ4n) is 1.67. The lowest BCUT2D eigenvalue weighted by atomic mass is 10.2. The Hall–Kier alpha value is -1.26. The third-order valence-corrected chi connectivity index (χ3v) is 3.16. The van der Waals surface area contributed by atoms with E-state index in [0.29, 0.717) is 5.02 Å². The van der Waals surface area contributed by atoms with Gasteiger partial charge in [0, 0.05) is 6.54 Å². The minimum absolute atomic E-state index is 0.205. The molecule has 0 aliphatic carbocycles. The average Bonchev–Trinajstić information content (AvgIpc) is 2.93. The van der Waals surface area contributed by atoms with Gasteiger partial charge in [-0.1, -0.05) is 11.6 Å². The van der Waals surface area contributed by atoms with Crippen molar-refractivity contribution in [3.63, 3.8) is 0 Å². The first-order chi connectivity index (χ1) is 8.18. The van der Waals surface area contributed by atoms with Crippen LogP contribution in [0.4, 0.5) is 0 Å². The van der Waals surface area contributed by atoms with Gasteiger partial charge in [-0.2, -0.15) is 5.10 Å². The van der Waals surface area contributed by atoms with E-state index in [1.807, 2.05) is 23.7 Å². The second-order valence-electron chi connectivity index (χ2n) is 3.99. The van der Waals surface area contributed by atoms with Gasteiger partial charge in [0.05, 0.1) is 35.8 Å². The van der Waals surface area contributed by atoms with Gasteiger partial charge in [-0.25, -0.2) is 0 Å². The molecule has 92 valence electrons. The van der Waals surface area contributed by atoms with Crippen LogP contribution in [0.25, 0.3) is 0 Å². The highest BCUT2D eigenvalue weighted by Gasteiger charge is 2.08. The minimum atomic E-state index is 0.205. The second kappa shape index (κ2) is 5.38. The van der Waals surface area contributed by atoms with Crippen LogP contribution in [-0.4, -0.2) is 16.3 Å². The van der Waals surface area contributed by atoms with Crippen molar-refractivity contribution in [3.05, 3.63) is 41.1 Å². The lowest BCUT2D eigenvalue weighted by molar-refractivity contribution is 0.417. The van der Waals surface area contributed by atoms with Crippen LogP contribution >= 0.6 is 11.6 Å². The Bertz CT molecular complexity index is 464. The molecule has 0 aromatic carbocycles. The van der Waals surface area contributed by atoms with Crippen molar-refractivity contribution < 1.29 is 4.42 Å². The third kappa shape index (κ3) is 2.90. The van der Waals surface area contributed by atoms with E-state index in [9.17, 15) is 0 Å². The lowest BCUT2D eigenvalue weighted by Crippen LogP contribution is -2.23. The Morgan fingerprint density at radius 1 is 1.59 bits per heavy atom. The molecule has 0 amide bonds. The van der Waals surface area contributed by atoms with Crippen LogP contribution < -0.4 is 5.32 Å². The maximum Gasteiger partial charge on any atom is 0.120 e. The first-order valence-electron chi connectivity index (χ1n) is 5.63. The molecule has 0 saturated carbocycles. The van der Waals surface area contributed by atoms with Gasteiger partial charge in [0.25, 0.3) is 0 Å². The summed E-state index contributed by atoms with van der Waals surface area (Å²) in [4.78, 5) is 0. The summed E-state index contributed by atoms with van der Waals surface area (Å²) in [5.41, 5.74) is 0.999. The molecular weight excluding hydrogens is 238 g/mol. The van der Waals surface area contributed by atoms with E-state index in [-0.39, 0.29) is 6.04 Å². The lowest BCUT2D eigenvalue weighted by Gasteiger charge is -2.11. The molecular formula is C12H16ClN3O. The van der Waals surface area contributed by atoms with Crippen molar-refractivity contribution in [2.45, 2.75) is 26.4 Å². The highest BCUT2D eigenvalue weighted by atomic mass is 35.5. The van der Waals surface area contributed by atoms with E-state index in [1.54, 1.807) is 12.5 Å². The maximum atomic E-state index is 5.93. The molecule has 0 saturated heterocycles. The van der Waals surface area contributed by atoms with Gasteiger partial charge in [-0.15, -0.1) is 0 Å². The molecule has 2 heterocycles. The van der Waals surface area contributed by atoms with Crippen LogP contribution in [-0.2, 0) is 6.54 Å². The van der Waals surface area contributed by atoms with Crippen molar-refractivity contribution >= 4 is 11.6 Å². The van der Waals surface area contributed by atoms with Crippen molar-refractivity contribution in [2.24, 2.45) is 0 Å². The van der Waals surface area contributed by atoms with Crippen LogP contribution in [0.3, 0.4) is 0 Å². The van der Waals surface area contributed by atoms with Crippen molar-refractivity contribution in [1.29, 1.82) is 0 Å². The number of nitrogens with one attached hydrogen (secondary N) is 1. The standard InChI is InChI=1S/C12H16ClN3O/c1-9(12-4-3-7-17-12)14-5-6-16-10(2)11(13)8-15-16/h3-4,7-9,14H,5-6H2,1-2H3. The topological polar surface area (TPSA) is 43.0 Å². The normalized spacial score (nSPS) is 12.9. The predicted octanol–water partition coefficient (Wildman–Crippen LogP) is 2.79. The summed E-state index contributed by atoms with van der Waals surface area (Å²) in [5, 5.41) is 8.28. The molecule has 2 aromatic heterocycles. The summed E-state index contributed by atoms with van der Waals surface area (Å²) in [6.07, 6.45) is 3.36. The fraction of sp³-hybridized carbons (Fsp3) is 0.417. The number of furan rings is 1. The Morgan fingerprint density at radius 3 is 3.00 bits per heavy atom. The van der Waals surface area contributed by atoms with Crippen molar-refractivity contribution in [2.75, 3.05) is 6.54 Å². The Labute approximate surface area is 106 Å². The first-order valence-corrected chi connectivity index (χ1v) is 6.01. The molecule has 2 aromatic rings. The van der Waals surface area contributed by atoms with Gasteiger partial charge in [-0.3, -0.25) is 4.68 Å². The largest absolute Gasteiger partial charge is 0.468 e. The number of hydrogen-bond acceptors (Lipinski definition) is 3. The van der Waals surface area contributed by atoms with E-state index >= 15 is 0 Å². The number of rotatable bonds is 5. The summed E-state index contributed by atoms with van der Waals surface area (Å²) in [6.45, 7) is 5.65. The van der Waals surface area contributed by atoms with Gasteiger partial charge < -0.3 is 9.73 Å². The van der Waals surface area contributed by atoms with Crippen LogP contribution in [0.5, 0.6) is 0 Å². The highest BCUT2D eigenvalue weighted by Crippen LogP contribution is 2.14. The third-order valence-electron chi connectivity index (χ3n) is 2.79. The molecule has 1 atom stereocenters. The summed E-state index contributed by atoms with van der Waals surface area (Å²) < 4.78 is 7.21. The monoisotopic (exact) mass is 253 g/mol. The van der Waals surface area contributed by atoms with Gasteiger partial charge in [0.1, 0.15) is 5.76 Å². The van der Waals surface area contributed by atoms with Crippen LogP contribution in [0.15, 0.2) is 29.0 Å². The molecule has 1 unspecified atom stereocenters. The number of hydrogen-bond donors (Lipinski definition) is 1. The molecule has 4 nitrogen and oxygen atoms in total. The van der Waals surface area contributed by atoms with Gasteiger partial charge in [0.15, 0.2) is 0 Å². The molecule has 17 heavy (non-hydrogen) atoms. The van der Waals surface area contributed by atoms with E-state index < -0.39 is 0 Å². The molecule has 0 radical (unpaired) electrons. The Kier molecular flexibility index (Phi) is 3.86. The maximum absolute atomic E-state index is 5.93. The molecule has 0 aliphatic rings. The van der Waals surface area contributed by atoms with Crippen molar-refractivity contribution in [1.82, 2.24) is 15.1 Å². The van der Waals surface area contributed by atoms with Gasteiger partial charge >= 0.3 is 0 Å². The Balaban J connectivity index is 1.82. The smallest absolute Gasteiger partial charge is 0.120 e. The van der Waals surface area contributed by atoms with Gasteiger partial charge in [-0.05, 0) is 26.0 Å². The molecule has 0 fully saturated rings. The second-order valence-corrected chi connectivity index (χ2v) is 4.40. The minimum Gasteiger partial charge on any atom is -0.468 e.